The summed E-state index contributed by atoms with van der Waals surface area (Å²) in [6.07, 6.45) is 0. The molecule has 2 heterocycles. The summed E-state index contributed by atoms with van der Waals surface area (Å²) in [7, 11) is 0. The van der Waals surface area contributed by atoms with Crippen molar-refractivity contribution < 1.29 is 0 Å². The molecule has 18 heavy (non-hydrogen) atoms. The number of rotatable bonds is 2. The van der Waals surface area contributed by atoms with Crippen molar-refractivity contribution in [2.45, 2.75) is 46.0 Å². The van der Waals surface area contributed by atoms with Crippen LogP contribution in [0.15, 0.2) is 0 Å². The first-order valence-corrected chi connectivity index (χ1v) is 7.53. The quantitative estimate of drug-likeness (QED) is 0.912. The zero-order valence-corrected chi connectivity index (χ0v) is 12.9. The van der Waals surface area contributed by atoms with E-state index in [1.54, 1.807) is 11.3 Å². The summed E-state index contributed by atoms with van der Waals surface area (Å²) in [4.78, 5) is 5.89. The maximum Gasteiger partial charge on any atom is 0.203 e. The maximum absolute atomic E-state index is 5.67. The largest absolute Gasteiger partial charge is 0.374 e. The molecule has 2 N–H and O–H groups in total. The van der Waals surface area contributed by atoms with Crippen molar-refractivity contribution in [2.24, 2.45) is 0 Å². The Kier molecular flexibility index (Phi) is 3.42. The topological polar surface area (TPSA) is 64.7 Å². The monoisotopic (exact) mass is 282 g/mol. The van der Waals surface area contributed by atoms with Gasteiger partial charge in [-0.05, 0) is 0 Å². The van der Waals surface area contributed by atoms with E-state index in [4.69, 9.17) is 10.7 Å². The molecule has 2 aromatic heterocycles. The van der Waals surface area contributed by atoms with Gasteiger partial charge in [-0.3, -0.25) is 0 Å². The predicted octanol–water partition coefficient (Wildman–Crippen LogP) is 3.66. The molecule has 0 saturated heterocycles. The molecule has 0 fully saturated rings. The van der Waals surface area contributed by atoms with Gasteiger partial charge in [0.15, 0.2) is 5.01 Å². The van der Waals surface area contributed by atoms with Crippen LogP contribution in [0.1, 0.15) is 51.2 Å². The fraction of sp³-hybridized carbons (Fsp3) is 0.583. The Hall–Kier alpha value is -1.01. The minimum atomic E-state index is -0.000590. The SMILES string of the molecule is CC(C)c1nc(C(C)(C)C)c(-c2nnc(N)s2)s1. The average Bonchev–Trinajstić information content (AvgIpc) is 2.81. The molecule has 0 amide bonds. The highest BCUT2D eigenvalue weighted by atomic mass is 32.1. The number of hydrogen-bond donors (Lipinski definition) is 1. The first kappa shape index (κ1) is 13.4. The molecule has 0 aromatic carbocycles. The van der Waals surface area contributed by atoms with Crippen molar-refractivity contribution in [3.05, 3.63) is 10.7 Å². The van der Waals surface area contributed by atoms with E-state index >= 15 is 0 Å². The second-order valence-electron chi connectivity index (χ2n) is 5.58. The molecule has 2 aromatic rings. The Morgan fingerprint density at radius 2 is 1.78 bits per heavy atom. The van der Waals surface area contributed by atoms with E-state index in [0.717, 1.165) is 20.6 Å². The van der Waals surface area contributed by atoms with Crippen LogP contribution in [0.3, 0.4) is 0 Å². The fourth-order valence-electron chi connectivity index (χ4n) is 1.56. The third-order valence-corrected chi connectivity index (χ3v) is 4.74. The Labute approximate surface area is 115 Å². The van der Waals surface area contributed by atoms with Gasteiger partial charge in [-0.1, -0.05) is 46.0 Å². The normalized spacial score (nSPS) is 12.3. The highest BCUT2D eigenvalue weighted by Gasteiger charge is 2.26. The molecule has 0 aliphatic rings. The molecule has 0 bridgehead atoms. The lowest BCUT2D eigenvalue weighted by Gasteiger charge is -2.16. The van der Waals surface area contributed by atoms with Crippen molar-refractivity contribution >= 4 is 27.8 Å². The molecule has 98 valence electrons. The van der Waals surface area contributed by atoms with E-state index in [9.17, 15) is 0 Å². The van der Waals surface area contributed by atoms with Crippen LogP contribution in [0.2, 0.25) is 0 Å². The van der Waals surface area contributed by atoms with Crippen molar-refractivity contribution in [3.8, 4) is 9.88 Å². The number of anilines is 1. The second kappa shape index (κ2) is 4.59. The van der Waals surface area contributed by atoms with Crippen molar-refractivity contribution in [2.75, 3.05) is 5.73 Å². The molecule has 2 rings (SSSR count). The lowest BCUT2D eigenvalue weighted by Crippen LogP contribution is -2.13. The number of thiazole rings is 1. The zero-order chi connectivity index (χ0) is 13.5. The van der Waals surface area contributed by atoms with Crippen LogP contribution in [0.4, 0.5) is 5.13 Å². The lowest BCUT2D eigenvalue weighted by atomic mass is 9.91. The van der Waals surface area contributed by atoms with Crippen molar-refractivity contribution in [1.29, 1.82) is 0 Å². The van der Waals surface area contributed by atoms with Crippen LogP contribution in [0.25, 0.3) is 9.88 Å². The van der Waals surface area contributed by atoms with Crippen molar-refractivity contribution in [3.63, 3.8) is 0 Å². The van der Waals surface area contributed by atoms with Crippen LogP contribution in [0.5, 0.6) is 0 Å². The molecule has 0 atom stereocenters. The number of aromatic nitrogens is 3. The average molecular weight is 282 g/mol. The number of hydrogen-bond acceptors (Lipinski definition) is 6. The first-order valence-electron chi connectivity index (χ1n) is 5.89. The lowest BCUT2D eigenvalue weighted by molar-refractivity contribution is 0.571. The molecule has 0 saturated carbocycles. The minimum Gasteiger partial charge on any atom is -0.374 e. The van der Waals surface area contributed by atoms with Crippen LogP contribution in [-0.2, 0) is 5.41 Å². The molecule has 0 radical (unpaired) electrons. The Balaban J connectivity index is 2.58. The number of nitrogens with zero attached hydrogens (tertiary/aromatic N) is 3. The van der Waals surface area contributed by atoms with Crippen LogP contribution >= 0.6 is 22.7 Å². The van der Waals surface area contributed by atoms with Crippen LogP contribution < -0.4 is 5.73 Å². The Morgan fingerprint density at radius 1 is 1.11 bits per heavy atom. The fourth-order valence-corrected chi connectivity index (χ4v) is 3.52. The number of nitrogens with two attached hydrogens (primary N) is 1. The summed E-state index contributed by atoms with van der Waals surface area (Å²) < 4.78 is 0. The van der Waals surface area contributed by atoms with Crippen molar-refractivity contribution in [1.82, 2.24) is 15.2 Å². The summed E-state index contributed by atoms with van der Waals surface area (Å²) in [6.45, 7) is 10.8. The summed E-state index contributed by atoms with van der Waals surface area (Å²) in [5.41, 5.74) is 6.76. The first-order chi connectivity index (χ1) is 8.29. The van der Waals surface area contributed by atoms with Gasteiger partial charge in [-0.15, -0.1) is 21.5 Å². The summed E-state index contributed by atoms with van der Waals surface area (Å²) in [6, 6.07) is 0. The van der Waals surface area contributed by atoms with Crippen LogP contribution in [0, 0.1) is 0 Å². The van der Waals surface area contributed by atoms with Crippen LogP contribution in [-0.4, -0.2) is 15.2 Å². The van der Waals surface area contributed by atoms with Gasteiger partial charge in [-0.25, -0.2) is 4.98 Å². The Morgan fingerprint density at radius 3 is 2.22 bits per heavy atom. The predicted molar refractivity (Wildman–Crippen MR) is 78.2 cm³/mol. The van der Waals surface area contributed by atoms with Gasteiger partial charge >= 0.3 is 0 Å². The summed E-state index contributed by atoms with van der Waals surface area (Å²) in [5, 5.41) is 10.6. The summed E-state index contributed by atoms with van der Waals surface area (Å²) >= 11 is 3.12. The molecule has 0 unspecified atom stereocenters. The van der Waals surface area contributed by atoms with E-state index in [-0.39, 0.29) is 5.41 Å². The van der Waals surface area contributed by atoms with Gasteiger partial charge in [0, 0.05) is 11.3 Å². The van der Waals surface area contributed by atoms with Gasteiger partial charge in [-0.2, -0.15) is 0 Å². The molecule has 0 spiro atoms. The highest BCUT2D eigenvalue weighted by molar-refractivity contribution is 7.23. The van der Waals surface area contributed by atoms with E-state index in [1.165, 1.54) is 11.3 Å². The van der Waals surface area contributed by atoms with Gasteiger partial charge < -0.3 is 5.73 Å². The second-order valence-corrected chi connectivity index (χ2v) is 7.62. The standard InChI is InChI=1S/C12H18N4S2/c1-6(2)9-14-8(12(3,4)5)7(17-9)10-15-16-11(13)18-10/h6H,1-5H3,(H2,13,16). The summed E-state index contributed by atoms with van der Waals surface area (Å²) in [5.74, 6) is 0.426. The molecular weight excluding hydrogens is 264 g/mol. The third-order valence-electron chi connectivity index (χ3n) is 2.48. The van der Waals surface area contributed by atoms with Gasteiger partial charge in [0.1, 0.15) is 0 Å². The highest BCUT2D eigenvalue weighted by Crippen LogP contribution is 2.40. The molecule has 4 nitrogen and oxygen atoms in total. The maximum atomic E-state index is 5.67. The zero-order valence-electron chi connectivity index (χ0n) is 11.3. The minimum absolute atomic E-state index is 0.000590. The van der Waals surface area contributed by atoms with E-state index in [2.05, 4.69) is 44.8 Å². The molecular formula is C12H18N4S2. The third kappa shape index (κ3) is 2.54. The Bertz CT molecular complexity index is 549. The van der Waals surface area contributed by atoms with Gasteiger partial charge in [0.05, 0.1) is 15.6 Å². The van der Waals surface area contributed by atoms with Gasteiger partial charge in [0.25, 0.3) is 0 Å². The van der Waals surface area contributed by atoms with E-state index in [1.807, 2.05) is 0 Å². The van der Waals surface area contributed by atoms with Gasteiger partial charge in [0.2, 0.25) is 5.13 Å². The molecule has 0 aliphatic heterocycles. The smallest absolute Gasteiger partial charge is 0.203 e. The number of nitrogen functional groups attached to an aromatic ring is 1. The molecule has 6 heteroatoms. The van der Waals surface area contributed by atoms with E-state index < -0.39 is 0 Å². The molecule has 0 aliphatic carbocycles. The van der Waals surface area contributed by atoms with E-state index in [0.29, 0.717) is 11.0 Å².